The zero-order valence-corrected chi connectivity index (χ0v) is 16.9. The molecule has 0 aromatic heterocycles. The fraction of sp³-hybridized carbons (Fsp3) is 0.174. The highest BCUT2D eigenvalue weighted by Crippen LogP contribution is 2.34. The molecule has 3 aromatic carbocycles. The molecule has 0 bridgehead atoms. The number of nitrogens with one attached hydrogen (secondary N) is 1. The van der Waals surface area contributed by atoms with Gasteiger partial charge in [-0.05, 0) is 29.2 Å². The summed E-state index contributed by atoms with van der Waals surface area (Å²) in [5, 5.41) is 2.62. The van der Waals surface area contributed by atoms with Gasteiger partial charge in [0.1, 0.15) is 6.04 Å². The number of rotatable bonds is 4. The summed E-state index contributed by atoms with van der Waals surface area (Å²) < 4.78 is 28.9. The number of benzene rings is 3. The van der Waals surface area contributed by atoms with E-state index in [2.05, 4.69) is 5.32 Å². The van der Waals surface area contributed by atoms with E-state index >= 15 is 0 Å². The number of carbonyl (C=O) groups is 1. The Bertz CT molecular complexity index is 1140. The summed E-state index contributed by atoms with van der Waals surface area (Å²) in [4.78, 5) is 12.8. The Morgan fingerprint density at radius 1 is 0.897 bits per heavy atom. The average Bonchev–Trinajstić information content (AvgIpc) is 2.78. The molecule has 6 heteroatoms. The van der Waals surface area contributed by atoms with Crippen molar-refractivity contribution in [2.75, 3.05) is 7.05 Å². The van der Waals surface area contributed by atoms with Gasteiger partial charge in [0.2, 0.25) is 15.9 Å². The molecule has 0 saturated heterocycles. The monoisotopic (exact) mass is 406 g/mol. The van der Waals surface area contributed by atoms with Gasteiger partial charge in [-0.15, -0.1) is 0 Å². The van der Waals surface area contributed by atoms with Crippen LogP contribution < -0.4 is 5.32 Å². The summed E-state index contributed by atoms with van der Waals surface area (Å²) in [6.07, 6.45) is 0.350. The molecule has 29 heavy (non-hydrogen) atoms. The van der Waals surface area contributed by atoms with Crippen LogP contribution in [0.25, 0.3) is 11.1 Å². The van der Waals surface area contributed by atoms with E-state index in [0.717, 1.165) is 16.7 Å². The number of nitrogens with zero attached hydrogens (tertiary/aromatic N) is 1. The van der Waals surface area contributed by atoms with Crippen LogP contribution in [0.5, 0.6) is 0 Å². The molecule has 1 amide bonds. The van der Waals surface area contributed by atoms with E-state index in [1.807, 2.05) is 60.7 Å². The first-order valence-corrected chi connectivity index (χ1v) is 10.9. The van der Waals surface area contributed by atoms with E-state index in [0.29, 0.717) is 12.0 Å². The van der Waals surface area contributed by atoms with Crippen molar-refractivity contribution in [3.63, 3.8) is 0 Å². The van der Waals surface area contributed by atoms with Crippen LogP contribution in [0.4, 0.5) is 0 Å². The molecule has 1 unspecified atom stereocenters. The van der Waals surface area contributed by atoms with Crippen molar-refractivity contribution in [1.82, 2.24) is 9.62 Å². The van der Waals surface area contributed by atoms with Gasteiger partial charge in [-0.2, -0.15) is 4.31 Å². The van der Waals surface area contributed by atoms with Crippen molar-refractivity contribution in [2.45, 2.75) is 23.9 Å². The summed E-state index contributed by atoms with van der Waals surface area (Å²) in [7, 11) is -2.38. The van der Waals surface area contributed by atoms with Crippen LogP contribution in [0.2, 0.25) is 0 Å². The zero-order valence-electron chi connectivity index (χ0n) is 16.1. The van der Waals surface area contributed by atoms with Crippen LogP contribution in [0, 0.1) is 0 Å². The molecule has 148 valence electrons. The second-order valence-corrected chi connectivity index (χ2v) is 8.87. The third-order valence-electron chi connectivity index (χ3n) is 5.31. The summed E-state index contributed by atoms with van der Waals surface area (Å²) in [5.41, 5.74) is 3.38. The molecular weight excluding hydrogens is 384 g/mol. The topological polar surface area (TPSA) is 66.5 Å². The Morgan fingerprint density at radius 3 is 2.24 bits per heavy atom. The molecule has 5 nitrogen and oxygen atoms in total. The molecule has 4 rings (SSSR count). The Hall–Kier alpha value is -2.96. The predicted molar refractivity (Wildman–Crippen MR) is 113 cm³/mol. The lowest BCUT2D eigenvalue weighted by Crippen LogP contribution is -2.51. The van der Waals surface area contributed by atoms with Crippen molar-refractivity contribution in [3.8, 4) is 11.1 Å². The Morgan fingerprint density at radius 2 is 1.52 bits per heavy atom. The minimum atomic E-state index is -3.92. The van der Waals surface area contributed by atoms with Gasteiger partial charge in [0.15, 0.2) is 0 Å². The Balaban J connectivity index is 1.84. The lowest BCUT2D eigenvalue weighted by molar-refractivity contribution is -0.124. The first-order valence-electron chi connectivity index (χ1n) is 9.47. The van der Waals surface area contributed by atoms with Gasteiger partial charge >= 0.3 is 0 Å². The molecule has 0 spiro atoms. The van der Waals surface area contributed by atoms with Crippen LogP contribution in [-0.2, 0) is 27.8 Å². The summed E-state index contributed by atoms with van der Waals surface area (Å²) in [6, 6.07) is 23.2. The molecular formula is C23H22N2O3S. The van der Waals surface area contributed by atoms with Crippen LogP contribution in [0.15, 0.2) is 83.8 Å². The number of amides is 1. The van der Waals surface area contributed by atoms with Crippen molar-refractivity contribution in [3.05, 3.63) is 90.0 Å². The standard InChI is InChI=1S/C23H22N2O3S/c1-24-23(26)21-15-18-11-5-6-12-19(18)16-25(21)29(27,28)22-14-8-7-13-20(22)17-9-3-2-4-10-17/h2-14,21H,15-16H2,1H3,(H,24,26). The van der Waals surface area contributed by atoms with E-state index in [1.54, 1.807) is 18.2 Å². The van der Waals surface area contributed by atoms with Crippen molar-refractivity contribution >= 4 is 15.9 Å². The lowest BCUT2D eigenvalue weighted by Gasteiger charge is -2.35. The van der Waals surface area contributed by atoms with Gasteiger partial charge in [-0.1, -0.05) is 72.8 Å². The SMILES string of the molecule is CNC(=O)C1Cc2ccccc2CN1S(=O)(=O)c1ccccc1-c1ccccc1. The Kier molecular flexibility index (Phi) is 5.22. The minimum absolute atomic E-state index is 0.166. The van der Waals surface area contributed by atoms with Gasteiger partial charge in [-0.25, -0.2) is 8.42 Å². The highest BCUT2D eigenvalue weighted by molar-refractivity contribution is 7.89. The van der Waals surface area contributed by atoms with E-state index < -0.39 is 16.1 Å². The quantitative estimate of drug-likeness (QED) is 0.724. The third-order valence-corrected chi connectivity index (χ3v) is 7.23. The van der Waals surface area contributed by atoms with Crippen molar-refractivity contribution in [1.29, 1.82) is 0 Å². The van der Waals surface area contributed by atoms with E-state index in [9.17, 15) is 13.2 Å². The number of likely N-dealkylation sites (N-methyl/N-ethyl adjacent to an activating group) is 1. The van der Waals surface area contributed by atoms with Crippen LogP contribution in [0.1, 0.15) is 11.1 Å². The molecule has 0 aliphatic carbocycles. The van der Waals surface area contributed by atoms with Crippen LogP contribution in [-0.4, -0.2) is 31.7 Å². The molecule has 1 N–H and O–H groups in total. The van der Waals surface area contributed by atoms with Crippen molar-refractivity contribution < 1.29 is 13.2 Å². The van der Waals surface area contributed by atoms with E-state index in [1.165, 1.54) is 11.4 Å². The molecule has 0 saturated carbocycles. The normalized spacial score (nSPS) is 16.8. The lowest BCUT2D eigenvalue weighted by atomic mass is 9.95. The first-order chi connectivity index (χ1) is 14.0. The van der Waals surface area contributed by atoms with Crippen LogP contribution >= 0.6 is 0 Å². The fourth-order valence-corrected chi connectivity index (χ4v) is 5.60. The second kappa shape index (κ2) is 7.81. The average molecular weight is 407 g/mol. The smallest absolute Gasteiger partial charge is 0.244 e. The Labute approximate surface area is 171 Å². The maximum Gasteiger partial charge on any atom is 0.244 e. The maximum absolute atomic E-state index is 13.8. The molecule has 1 heterocycles. The second-order valence-electron chi connectivity index (χ2n) is 7.02. The highest BCUT2D eigenvalue weighted by Gasteiger charge is 2.40. The zero-order chi connectivity index (χ0) is 20.4. The highest BCUT2D eigenvalue weighted by atomic mass is 32.2. The largest absolute Gasteiger partial charge is 0.358 e. The van der Waals surface area contributed by atoms with Gasteiger partial charge < -0.3 is 5.32 Å². The number of fused-ring (bicyclic) bond motifs is 1. The van der Waals surface area contributed by atoms with Crippen LogP contribution in [0.3, 0.4) is 0 Å². The molecule has 1 aliphatic rings. The summed E-state index contributed by atoms with van der Waals surface area (Å²) in [5.74, 6) is -0.305. The predicted octanol–water partition coefficient (Wildman–Crippen LogP) is 3.22. The molecule has 0 fully saturated rings. The summed E-state index contributed by atoms with van der Waals surface area (Å²) >= 11 is 0. The number of sulfonamides is 1. The number of hydrogen-bond donors (Lipinski definition) is 1. The fourth-order valence-electron chi connectivity index (χ4n) is 3.82. The van der Waals surface area contributed by atoms with E-state index in [4.69, 9.17) is 0 Å². The first kappa shape index (κ1) is 19.4. The van der Waals surface area contributed by atoms with Gasteiger partial charge in [0, 0.05) is 19.2 Å². The van der Waals surface area contributed by atoms with Gasteiger partial charge in [0.25, 0.3) is 0 Å². The van der Waals surface area contributed by atoms with Gasteiger partial charge in [-0.3, -0.25) is 4.79 Å². The van der Waals surface area contributed by atoms with Gasteiger partial charge in [0.05, 0.1) is 4.90 Å². The minimum Gasteiger partial charge on any atom is -0.358 e. The van der Waals surface area contributed by atoms with E-state index in [-0.39, 0.29) is 17.3 Å². The molecule has 1 atom stereocenters. The summed E-state index contributed by atoms with van der Waals surface area (Å²) in [6.45, 7) is 0.166. The molecule has 3 aromatic rings. The maximum atomic E-state index is 13.8. The molecule has 1 aliphatic heterocycles. The third kappa shape index (κ3) is 3.57. The number of carbonyl (C=O) groups excluding carboxylic acids is 1. The van der Waals surface area contributed by atoms with Crippen molar-refractivity contribution in [2.24, 2.45) is 0 Å². The molecule has 0 radical (unpaired) electrons. The number of hydrogen-bond acceptors (Lipinski definition) is 3.